The molecule has 2 unspecified atom stereocenters. The SMILES string of the molecule is C=CCCOC(=O)[C@H]1[C@H]2C(=O)N([C@@H](CO)Cc3ccccc3)C(C(=O)N(CC=C)c3ccccc3Cl)C23CC[C@]1(CC)O3. The number of halogens is 1. The first kappa shape index (κ1) is 31.0. The Morgan fingerprint density at radius 2 is 1.88 bits per heavy atom. The first-order valence-corrected chi connectivity index (χ1v) is 15.3. The van der Waals surface area contributed by atoms with Gasteiger partial charge in [0.05, 0.1) is 41.5 Å². The summed E-state index contributed by atoms with van der Waals surface area (Å²) in [5.41, 5.74) is -0.836. The highest BCUT2D eigenvalue weighted by molar-refractivity contribution is 6.34. The molecule has 2 aromatic carbocycles. The van der Waals surface area contributed by atoms with Crippen LogP contribution in [-0.2, 0) is 30.3 Å². The molecule has 3 fully saturated rings. The van der Waals surface area contributed by atoms with Crippen LogP contribution >= 0.6 is 11.6 Å². The number of hydrogen-bond acceptors (Lipinski definition) is 6. The molecule has 43 heavy (non-hydrogen) atoms. The van der Waals surface area contributed by atoms with Crippen molar-refractivity contribution >= 4 is 35.1 Å². The highest BCUT2D eigenvalue weighted by atomic mass is 35.5. The van der Waals surface area contributed by atoms with Crippen LogP contribution in [0.1, 0.15) is 38.2 Å². The van der Waals surface area contributed by atoms with Gasteiger partial charge in [-0.25, -0.2) is 0 Å². The van der Waals surface area contributed by atoms with Crippen LogP contribution in [0.5, 0.6) is 0 Å². The minimum atomic E-state index is -1.28. The van der Waals surface area contributed by atoms with Crippen LogP contribution in [-0.4, -0.2) is 70.8 Å². The third kappa shape index (κ3) is 5.19. The standard InChI is InChI=1S/C34H39ClN2O6/c1-4-7-20-42-32(41)28-27-30(39)37(24(22-38)21-23-13-9-8-10-14-23)29(34(27)18-17-33(28,6-3)43-34)31(40)36(19-5-2)26-16-12-11-15-25(26)35/h4-5,8-16,24,27-29,38H,1-2,6-7,17-22H2,3H3/t24-,27+,28-,29?,33+,34?/m1/s1. The van der Waals surface area contributed by atoms with Crippen molar-refractivity contribution in [3.63, 3.8) is 0 Å². The van der Waals surface area contributed by atoms with Gasteiger partial charge in [0.15, 0.2) is 0 Å². The minimum absolute atomic E-state index is 0.135. The van der Waals surface area contributed by atoms with Crippen LogP contribution in [0.2, 0.25) is 5.02 Å². The normalized spacial score (nSPS) is 27.9. The summed E-state index contributed by atoms with van der Waals surface area (Å²) in [6, 6.07) is 14.7. The van der Waals surface area contributed by atoms with Gasteiger partial charge in [0.1, 0.15) is 17.6 Å². The van der Waals surface area contributed by atoms with E-state index in [4.69, 9.17) is 21.1 Å². The Kier molecular flexibility index (Phi) is 9.11. The first-order valence-electron chi connectivity index (χ1n) is 14.9. The van der Waals surface area contributed by atoms with Crippen LogP contribution in [0.15, 0.2) is 79.9 Å². The molecule has 6 atom stereocenters. The number of aliphatic hydroxyl groups is 1. The summed E-state index contributed by atoms with van der Waals surface area (Å²) in [5.74, 6) is -3.11. The summed E-state index contributed by atoms with van der Waals surface area (Å²) >= 11 is 6.58. The van der Waals surface area contributed by atoms with Crippen LogP contribution in [0.4, 0.5) is 5.69 Å². The predicted octanol–water partition coefficient (Wildman–Crippen LogP) is 4.74. The molecule has 0 radical (unpaired) electrons. The smallest absolute Gasteiger partial charge is 0.312 e. The van der Waals surface area contributed by atoms with Gasteiger partial charge in [-0.05, 0) is 49.8 Å². The molecule has 2 aromatic rings. The van der Waals surface area contributed by atoms with E-state index in [0.29, 0.717) is 42.8 Å². The summed E-state index contributed by atoms with van der Waals surface area (Å²) < 4.78 is 12.5. The number of esters is 1. The Morgan fingerprint density at radius 3 is 2.53 bits per heavy atom. The highest BCUT2D eigenvalue weighted by Gasteiger charge is 2.79. The van der Waals surface area contributed by atoms with Gasteiger partial charge in [-0.1, -0.05) is 73.1 Å². The molecule has 2 amide bonds. The van der Waals surface area contributed by atoms with Crippen molar-refractivity contribution in [1.82, 2.24) is 4.90 Å². The van der Waals surface area contributed by atoms with Gasteiger partial charge in [-0.15, -0.1) is 13.2 Å². The number of rotatable bonds is 13. The number of amides is 2. The van der Waals surface area contributed by atoms with Crippen molar-refractivity contribution < 1.29 is 29.0 Å². The zero-order chi connectivity index (χ0) is 30.8. The quantitative estimate of drug-likeness (QED) is 0.201. The Hall–Kier alpha value is -3.46. The van der Waals surface area contributed by atoms with Crippen LogP contribution < -0.4 is 4.90 Å². The van der Waals surface area contributed by atoms with E-state index in [9.17, 15) is 19.5 Å². The molecule has 1 spiro atoms. The summed E-state index contributed by atoms with van der Waals surface area (Å²) in [6.45, 7) is 9.38. The molecule has 3 aliphatic heterocycles. The van der Waals surface area contributed by atoms with Gasteiger partial charge in [-0.3, -0.25) is 14.4 Å². The van der Waals surface area contributed by atoms with E-state index in [1.165, 1.54) is 9.80 Å². The monoisotopic (exact) mass is 606 g/mol. The average molecular weight is 607 g/mol. The van der Waals surface area contributed by atoms with Gasteiger partial charge in [0, 0.05) is 6.54 Å². The van der Waals surface area contributed by atoms with Crippen molar-refractivity contribution in [3.05, 3.63) is 90.5 Å². The van der Waals surface area contributed by atoms with Crippen molar-refractivity contribution in [1.29, 1.82) is 0 Å². The number of carbonyl (C=O) groups excluding carboxylic acids is 3. The summed E-state index contributed by atoms with van der Waals surface area (Å²) in [5, 5.41) is 11.1. The molecule has 228 valence electrons. The molecule has 3 heterocycles. The third-order valence-electron chi connectivity index (χ3n) is 9.31. The predicted molar refractivity (Wildman–Crippen MR) is 164 cm³/mol. The molecule has 3 saturated heterocycles. The average Bonchev–Trinajstić information content (AvgIpc) is 3.63. The minimum Gasteiger partial charge on any atom is -0.465 e. The maximum Gasteiger partial charge on any atom is 0.312 e. The Balaban J connectivity index is 1.63. The topological polar surface area (TPSA) is 96.4 Å². The van der Waals surface area contributed by atoms with E-state index in [1.807, 2.05) is 37.3 Å². The third-order valence-corrected chi connectivity index (χ3v) is 9.63. The van der Waals surface area contributed by atoms with Gasteiger partial charge in [-0.2, -0.15) is 0 Å². The zero-order valence-corrected chi connectivity index (χ0v) is 25.2. The maximum atomic E-state index is 14.9. The van der Waals surface area contributed by atoms with E-state index < -0.39 is 47.0 Å². The van der Waals surface area contributed by atoms with Crippen molar-refractivity contribution in [2.75, 3.05) is 24.7 Å². The lowest BCUT2D eigenvalue weighted by Gasteiger charge is -2.39. The second kappa shape index (κ2) is 12.6. The molecule has 5 rings (SSSR count). The fourth-order valence-electron chi connectivity index (χ4n) is 7.41. The number of para-hydroxylation sites is 1. The van der Waals surface area contributed by atoms with Crippen LogP contribution in [0.25, 0.3) is 0 Å². The Labute approximate surface area is 257 Å². The number of anilines is 1. The van der Waals surface area contributed by atoms with Gasteiger partial charge in [0.2, 0.25) is 5.91 Å². The molecular formula is C34H39ClN2O6. The lowest BCUT2D eigenvalue weighted by Crippen LogP contribution is -2.59. The highest BCUT2D eigenvalue weighted by Crippen LogP contribution is 2.65. The number of hydrogen-bond donors (Lipinski definition) is 1. The van der Waals surface area contributed by atoms with E-state index >= 15 is 0 Å². The number of aliphatic hydroxyl groups excluding tert-OH is 1. The van der Waals surface area contributed by atoms with Gasteiger partial charge >= 0.3 is 5.97 Å². The second-order valence-corrected chi connectivity index (χ2v) is 11.9. The number of carbonyl (C=O) groups is 3. The molecule has 0 aliphatic carbocycles. The summed E-state index contributed by atoms with van der Waals surface area (Å²) in [6.07, 6.45) is 5.46. The lowest BCUT2D eigenvalue weighted by molar-refractivity contribution is -0.162. The Morgan fingerprint density at radius 1 is 1.16 bits per heavy atom. The largest absolute Gasteiger partial charge is 0.465 e. The number of nitrogens with zero attached hydrogens (tertiary/aromatic N) is 2. The Bertz CT molecular complexity index is 1380. The maximum absolute atomic E-state index is 14.9. The molecule has 0 aromatic heterocycles. The van der Waals surface area contributed by atoms with Crippen LogP contribution in [0.3, 0.4) is 0 Å². The van der Waals surface area contributed by atoms with Crippen molar-refractivity contribution in [2.45, 2.75) is 62.3 Å². The summed E-state index contributed by atoms with van der Waals surface area (Å²) in [4.78, 5) is 46.2. The zero-order valence-electron chi connectivity index (χ0n) is 24.5. The molecule has 1 N–H and O–H groups in total. The fraction of sp³-hybridized carbons (Fsp3) is 0.441. The molecule has 0 saturated carbocycles. The molecule has 3 aliphatic rings. The second-order valence-electron chi connectivity index (χ2n) is 11.5. The first-order chi connectivity index (χ1) is 20.8. The molecule has 2 bridgehead atoms. The molecule has 9 heteroatoms. The number of likely N-dealkylation sites (tertiary alicyclic amines) is 1. The summed E-state index contributed by atoms with van der Waals surface area (Å²) in [7, 11) is 0. The number of benzene rings is 2. The molecular weight excluding hydrogens is 568 g/mol. The van der Waals surface area contributed by atoms with Crippen molar-refractivity contribution in [3.8, 4) is 0 Å². The van der Waals surface area contributed by atoms with Crippen LogP contribution in [0, 0.1) is 11.8 Å². The van der Waals surface area contributed by atoms with E-state index in [1.54, 1.807) is 36.4 Å². The lowest BCUT2D eigenvalue weighted by atomic mass is 9.65. The van der Waals surface area contributed by atoms with Crippen molar-refractivity contribution in [2.24, 2.45) is 11.8 Å². The number of fused-ring (bicyclic) bond motifs is 1. The van der Waals surface area contributed by atoms with E-state index in [2.05, 4.69) is 13.2 Å². The van der Waals surface area contributed by atoms with E-state index in [-0.39, 0.29) is 25.7 Å². The fourth-order valence-corrected chi connectivity index (χ4v) is 7.65. The van der Waals surface area contributed by atoms with Gasteiger partial charge < -0.3 is 24.4 Å². The number of ether oxygens (including phenoxy) is 2. The van der Waals surface area contributed by atoms with Gasteiger partial charge in [0.25, 0.3) is 5.91 Å². The van der Waals surface area contributed by atoms with E-state index in [0.717, 1.165) is 5.56 Å². The molecule has 8 nitrogen and oxygen atoms in total.